The molecule has 0 amide bonds. The summed E-state index contributed by atoms with van der Waals surface area (Å²) >= 11 is 0. The van der Waals surface area contributed by atoms with Crippen molar-refractivity contribution in [1.82, 2.24) is 9.97 Å². The Kier molecular flexibility index (Phi) is 9.69. The van der Waals surface area contributed by atoms with Gasteiger partial charge in [-0.05, 0) is 85.3 Å². The van der Waals surface area contributed by atoms with E-state index < -0.39 is 5.97 Å². The summed E-state index contributed by atoms with van der Waals surface area (Å²) in [5, 5.41) is 11.9. The van der Waals surface area contributed by atoms with Crippen molar-refractivity contribution in [3.8, 4) is 11.5 Å². The molecule has 0 aliphatic heterocycles. The van der Waals surface area contributed by atoms with Gasteiger partial charge in [-0.3, -0.25) is 4.79 Å². The minimum atomic E-state index is -0.708. The number of fused-ring (bicyclic) bond motifs is 2. The molecule has 6 aromatic rings. The molecule has 46 heavy (non-hydrogen) atoms. The summed E-state index contributed by atoms with van der Waals surface area (Å²) in [7, 11) is 0. The van der Waals surface area contributed by atoms with E-state index in [1.165, 1.54) is 0 Å². The van der Waals surface area contributed by atoms with Gasteiger partial charge in [0.15, 0.2) is 0 Å². The van der Waals surface area contributed by atoms with E-state index in [-0.39, 0.29) is 40.9 Å². The number of aromatic nitrogens is 2. The minimum absolute atomic E-state index is 0. The Balaban J connectivity index is 0.00000372. The summed E-state index contributed by atoms with van der Waals surface area (Å²) in [6.45, 7) is 0.762. The third kappa shape index (κ3) is 6.80. The van der Waals surface area contributed by atoms with Crippen LogP contribution in [0, 0.1) is 5.92 Å². The van der Waals surface area contributed by atoms with Gasteiger partial charge in [0.2, 0.25) is 0 Å². The van der Waals surface area contributed by atoms with Crippen molar-refractivity contribution < 1.29 is 19.4 Å². The number of nitrogens with zero attached hydrogens (tertiary/aromatic N) is 2. The molecule has 0 bridgehead atoms. The van der Waals surface area contributed by atoms with E-state index in [0.29, 0.717) is 26.1 Å². The van der Waals surface area contributed by atoms with Crippen LogP contribution in [0.2, 0.25) is 0 Å². The standard InChI is InChI=1S/C39H34N2O4.Na/c42-38(43)29-21-23-39(24-22-29,30-11-17-34(18-12-30)44-25-32-15-9-27-5-1-3-7-36(27)40-32)31-13-19-35(20-14-31)45-26-33-16-10-28-6-2-4-8-37(28)41-33;/h1-20,29H,21-26H2,(H,42,43);. The second-order valence-electron chi connectivity index (χ2n) is 11.8. The van der Waals surface area contributed by atoms with Crippen LogP contribution in [0.4, 0.5) is 0 Å². The molecule has 4 aromatic carbocycles. The monoisotopic (exact) mass is 617 g/mol. The van der Waals surface area contributed by atoms with E-state index in [2.05, 4.69) is 48.5 Å². The maximum absolute atomic E-state index is 11.8. The Morgan fingerprint density at radius 3 is 1.50 bits per heavy atom. The number of carboxylic acid groups (broad SMARTS) is 1. The predicted molar refractivity (Wildman–Crippen MR) is 181 cm³/mol. The van der Waals surface area contributed by atoms with E-state index in [0.717, 1.165) is 68.7 Å². The summed E-state index contributed by atoms with van der Waals surface area (Å²) < 4.78 is 12.2. The van der Waals surface area contributed by atoms with Crippen molar-refractivity contribution in [2.24, 2.45) is 5.92 Å². The van der Waals surface area contributed by atoms with Crippen LogP contribution in [0.15, 0.2) is 121 Å². The van der Waals surface area contributed by atoms with Gasteiger partial charge >= 0.3 is 5.97 Å². The van der Waals surface area contributed by atoms with Crippen molar-refractivity contribution in [2.45, 2.75) is 44.3 Å². The van der Waals surface area contributed by atoms with Gasteiger partial charge in [0.1, 0.15) is 24.7 Å². The smallest absolute Gasteiger partial charge is 0.306 e. The molecular weight excluding hydrogens is 583 g/mol. The van der Waals surface area contributed by atoms with Gasteiger partial charge in [-0.25, -0.2) is 9.97 Å². The van der Waals surface area contributed by atoms with Crippen LogP contribution in [-0.4, -0.2) is 50.6 Å². The van der Waals surface area contributed by atoms with Crippen molar-refractivity contribution in [3.05, 3.63) is 144 Å². The quantitative estimate of drug-likeness (QED) is 0.165. The first-order chi connectivity index (χ1) is 22.1. The van der Waals surface area contributed by atoms with Crippen molar-refractivity contribution in [2.75, 3.05) is 0 Å². The molecule has 7 heteroatoms. The van der Waals surface area contributed by atoms with Gasteiger partial charge in [-0.15, -0.1) is 0 Å². The largest absolute Gasteiger partial charge is 0.487 e. The maximum atomic E-state index is 11.8. The molecule has 2 aromatic heterocycles. The first kappa shape index (κ1) is 31.7. The topological polar surface area (TPSA) is 81.5 Å². The minimum Gasteiger partial charge on any atom is -0.487 e. The van der Waals surface area contributed by atoms with Gasteiger partial charge in [-0.2, -0.15) is 0 Å². The maximum Gasteiger partial charge on any atom is 0.306 e. The summed E-state index contributed by atoms with van der Waals surface area (Å²) in [5.41, 5.74) is 5.69. The van der Waals surface area contributed by atoms with Crippen molar-refractivity contribution in [3.63, 3.8) is 0 Å². The molecule has 1 fully saturated rings. The van der Waals surface area contributed by atoms with Crippen LogP contribution < -0.4 is 9.47 Å². The number of ether oxygens (including phenoxy) is 2. The molecule has 0 saturated heterocycles. The average molecular weight is 618 g/mol. The van der Waals surface area contributed by atoms with Gasteiger partial charge in [0.25, 0.3) is 0 Å². The molecule has 0 unspecified atom stereocenters. The van der Waals surface area contributed by atoms with Crippen LogP contribution in [0.1, 0.15) is 48.2 Å². The Labute approximate surface area is 290 Å². The molecule has 1 saturated carbocycles. The number of carbonyl (C=O) groups is 1. The van der Waals surface area contributed by atoms with Crippen LogP contribution in [-0.2, 0) is 23.4 Å². The summed E-state index contributed by atoms with van der Waals surface area (Å²) in [5.74, 6) is 0.524. The third-order valence-electron chi connectivity index (χ3n) is 9.09. The van der Waals surface area contributed by atoms with Gasteiger partial charge in [0.05, 0.1) is 28.3 Å². The van der Waals surface area contributed by atoms with E-state index in [1.807, 2.05) is 72.8 Å². The Hall–Kier alpha value is -4.23. The summed E-state index contributed by atoms with van der Waals surface area (Å²) in [6, 6.07) is 40.8. The number of benzene rings is 4. The number of aliphatic carboxylic acids is 1. The normalized spacial score (nSPS) is 14.4. The third-order valence-corrected chi connectivity index (χ3v) is 9.09. The first-order valence-electron chi connectivity index (χ1n) is 15.4. The number of para-hydroxylation sites is 2. The predicted octanol–water partition coefficient (Wildman–Crippen LogP) is 8.12. The molecule has 1 N–H and O–H groups in total. The zero-order valence-corrected chi connectivity index (χ0v) is 27.9. The fourth-order valence-corrected chi connectivity index (χ4v) is 6.53. The SMILES string of the molecule is O=C(O)C1CCC(c2ccc(OCc3ccc4ccccc4n3)cc2)(c2ccc(OCc3ccc4ccccc4n3)cc2)CC1.[Na]. The van der Waals surface area contributed by atoms with Crippen LogP contribution >= 0.6 is 0 Å². The molecule has 225 valence electrons. The Bertz CT molecular complexity index is 1820. The average Bonchev–Trinajstić information content (AvgIpc) is 3.10. The summed E-state index contributed by atoms with van der Waals surface area (Å²) in [6.07, 6.45) is 2.78. The second-order valence-corrected chi connectivity index (χ2v) is 11.8. The molecule has 1 aliphatic carbocycles. The fourth-order valence-electron chi connectivity index (χ4n) is 6.53. The van der Waals surface area contributed by atoms with E-state index in [1.54, 1.807) is 0 Å². The number of carboxylic acids is 1. The molecule has 0 spiro atoms. The number of hydrogen-bond acceptors (Lipinski definition) is 5. The fraction of sp³-hybridized carbons (Fsp3) is 0.205. The first-order valence-corrected chi connectivity index (χ1v) is 15.4. The van der Waals surface area contributed by atoms with Crippen LogP contribution in [0.3, 0.4) is 0 Å². The van der Waals surface area contributed by atoms with Gasteiger partial charge in [-0.1, -0.05) is 72.8 Å². The van der Waals surface area contributed by atoms with Crippen LogP contribution in [0.25, 0.3) is 21.8 Å². The molecule has 7 rings (SSSR count). The number of pyridine rings is 2. The molecule has 2 heterocycles. The molecule has 0 atom stereocenters. The van der Waals surface area contributed by atoms with Crippen LogP contribution in [0.5, 0.6) is 11.5 Å². The zero-order chi connectivity index (χ0) is 30.6. The van der Waals surface area contributed by atoms with E-state index in [4.69, 9.17) is 19.4 Å². The van der Waals surface area contributed by atoms with Gasteiger partial charge in [0, 0.05) is 45.7 Å². The molecule has 1 aliphatic rings. The van der Waals surface area contributed by atoms with Crippen molar-refractivity contribution >= 4 is 57.3 Å². The van der Waals surface area contributed by atoms with Gasteiger partial charge < -0.3 is 14.6 Å². The number of rotatable bonds is 9. The summed E-state index contributed by atoms with van der Waals surface area (Å²) in [4.78, 5) is 21.2. The van der Waals surface area contributed by atoms with E-state index >= 15 is 0 Å². The molecular formula is C39H34N2NaO4. The van der Waals surface area contributed by atoms with Crippen molar-refractivity contribution in [1.29, 1.82) is 0 Å². The Morgan fingerprint density at radius 1 is 0.630 bits per heavy atom. The molecule has 1 radical (unpaired) electrons. The van der Waals surface area contributed by atoms with E-state index in [9.17, 15) is 9.90 Å². The number of hydrogen-bond donors (Lipinski definition) is 1. The molecule has 6 nitrogen and oxygen atoms in total. The second kappa shape index (κ2) is 14.0. The zero-order valence-electron chi connectivity index (χ0n) is 25.9. The Morgan fingerprint density at radius 2 is 1.07 bits per heavy atom.